The molecule has 1 aromatic rings. The number of hydrogen-bond donors (Lipinski definition) is 1. The van der Waals surface area contributed by atoms with E-state index in [2.05, 4.69) is 5.32 Å². The summed E-state index contributed by atoms with van der Waals surface area (Å²) in [5.41, 5.74) is 1.03. The van der Waals surface area contributed by atoms with Crippen LogP contribution in [0.3, 0.4) is 0 Å². The minimum Gasteiger partial charge on any atom is -0.381 e. The van der Waals surface area contributed by atoms with E-state index < -0.39 is 0 Å². The van der Waals surface area contributed by atoms with E-state index >= 15 is 0 Å². The van der Waals surface area contributed by atoms with Crippen molar-refractivity contribution in [2.75, 3.05) is 19.8 Å². The first-order chi connectivity index (χ1) is 8.77. The van der Waals surface area contributed by atoms with Crippen molar-refractivity contribution in [1.29, 1.82) is 0 Å². The van der Waals surface area contributed by atoms with Crippen LogP contribution in [0.15, 0.2) is 30.3 Å². The standard InChI is InChI=1S/C14H18ClNO2/c15-13(11-5-2-1-3-6-11)9-16-14(17)12-7-4-8-18-10-12/h1-3,5-6,12-13H,4,7-10H2,(H,16,17). The molecule has 0 aliphatic carbocycles. The van der Waals surface area contributed by atoms with E-state index in [0.29, 0.717) is 13.2 Å². The number of halogens is 1. The van der Waals surface area contributed by atoms with Gasteiger partial charge in [0.1, 0.15) is 0 Å². The van der Waals surface area contributed by atoms with E-state index in [1.165, 1.54) is 0 Å². The molecule has 0 radical (unpaired) electrons. The second kappa shape index (κ2) is 6.76. The van der Waals surface area contributed by atoms with Crippen molar-refractivity contribution in [1.82, 2.24) is 5.32 Å². The van der Waals surface area contributed by atoms with Crippen molar-refractivity contribution in [3.05, 3.63) is 35.9 Å². The third kappa shape index (κ3) is 3.72. The lowest BCUT2D eigenvalue weighted by Gasteiger charge is -2.22. The molecule has 1 N–H and O–H groups in total. The lowest BCUT2D eigenvalue weighted by Crippen LogP contribution is -2.37. The van der Waals surface area contributed by atoms with Crippen LogP contribution in [0, 0.1) is 5.92 Å². The minimum atomic E-state index is -0.181. The zero-order chi connectivity index (χ0) is 12.8. The van der Waals surface area contributed by atoms with Gasteiger partial charge in [0.2, 0.25) is 5.91 Å². The Labute approximate surface area is 112 Å². The fraction of sp³-hybridized carbons (Fsp3) is 0.500. The summed E-state index contributed by atoms with van der Waals surface area (Å²) < 4.78 is 5.30. The molecule has 2 unspecified atom stereocenters. The molecule has 2 rings (SSSR count). The van der Waals surface area contributed by atoms with Gasteiger partial charge in [-0.25, -0.2) is 0 Å². The second-order valence-electron chi connectivity index (χ2n) is 4.54. The maximum atomic E-state index is 11.9. The molecule has 1 aromatic carbocycles. The Morgan fingerprint density at radius 2 is 2.22 bits per heavy atom. The van der Waals surface area contributed by atoms with Crippen LogP contribution in [0.4, 0.5) is 0 Å². The van der Waals surface area contributed by atoms with Crippen LogP contribution < -0.4 is 5.32 Å². The maximum absolute atomic E-state index is 11.9. The summed E-state index contributed by atoms with van der Waals surface area (Å²) in [4.78, 5) is 11.9. The van der Waals surface area contributed by atoms with Gasteiger partial charge in [0.15, 0.2) is 0 Å². The highest BCUT2D eigenvalue weighted by Gasteiger charge is 2.22. The quantitative estimate of drug-likeness (QED) is 0.852. The summed E-state index contributed by atoms with van der Waals surface area (Å²) in [7, 11) is 0. The van der Waals surface area contributed by atoms with Gasteiger partial charge in [0.05, 0.1) is 17.9 Å². The molecule has 4 heteroatoms. The molecule has 2 atom stereocenters. The van der Waals surface area contributed by atoms with E-state index in [1.54, 1.807) is 0 Å². The molecule has 1 fully saturated rings. The molecule has 0 saturated carbocycles. The molecular formula is C14H18ClNO2. The van der Waals surface area contributed by atoms with Crippen molar-refractivity contribution in [3.8, 4) is 0 Å². The highest BCUT2D eigenvalue weighted by atomic mass is 35.5. The first-order valence-corrected chi connectivity index (χ1v) is 6.75. The number of amides is 1. The summed E-state index contributed by atoms with van der Waals surface area (Å²) in [5, 5.41) is 2.72. The number of carbonyl (C=O) groups is 1. The number of ether oxygens (including phenoxy) is 1. The van der Waals surface area contributed by atoms with Gasteiger partial charge in [-0.05, 0) is 18.4 Å². The van der Waals surface area contributed by atoms with Gasteiger partial charge in [-0.1, -0.05) is 30.3 Å². The molecule has 1 amide bonds. The average molecular weight is 268 g/mol. The van der Waals surface area contributed by atoms with Gasteiger partial charge >= 0.3 is 0 Å². The molecule has 98 valence electrons. The number of hydrogen-bond acceptors (Lipinski definition) is 2. The summed E-state index contributed by atoms with van der Waals surface area (Å²) in [6.45, 7) is 1.76. The van der Waals surface area contributed by atoms with E-state index in [0.717, 1.165) is 25.0 Å². The van der Waals surface area contributed by atoms with Crippen molar-refractivity contribution < 1.29 is 9.53 Å². The molecule has 0 spiro atoms. The van der Waals surface area contributed by atoms with Crippen LogP contribution in [-0.2, 0) is 9.53 Å². The predicted molar refractivity (Wildman–Crippen MR) is 71.6 cm³/mol. The average Bonchev–Trinajstić information content (AvgIpc) is 2.46. The Morgan fingerprint density at radius 1 is 1.44 bits per heavy atom. The fourth-order valence-corrected chi connectivity index (χ4v) is 2.28. The topological polar surface area (TPSA) is 38.3 Å². The molecule has 0 bridgehead atoms. The summed E-state index contributed by atoms with van der Waals surface area (Å²) in [5.74, 6) is 0.0367. The molecule has 1 aliphatic rings. The Bertz CT molecular complexity index is 377. The number of benzene rings is 1. The third-order valence-corrected chi connectivity index (χ3v) is 3.55. The maximum Gasteiger partial charge on any atom is 0.225 e. The van der Waals surface area contributed by atoms with Crippen LogP contribution in [0.5, 0.6) is 0 Å². The van der Waals surface area contributed by atoms with E-state index in [4.69, 9.17) is 16.3 Å². The van der Waals surface area contributed by atoms with Gasteiger partial charge in [0.25, 0.3) is 0 Å². The molecule has 1 aliphatic heterocycles. The van der Waals surface area contributed by atoms with Crippen molar-refractivity contribution in [2.45, 2.75) is 18.2 Å². The van der Waals surface area contributed by atoms with Gasteiger partial charge in [-0.3, -0.25) is 4.79 Å². The zero-order valence-corrected chi connectivity index (χ0v) is 11.0. The number of nitrogens with one attached hydrogen (secondary N) is 1. The van der Waals surface area contributed by atoms with E-state index in [9.17, 15) is 4.79 Å². The Morgan fingerprint density at radius 3 is 2.89 bits per heavy atom. The predicted octanol–water partition coefficient (Wildman–Crippen LogP) is 2.51. The monoisotopic (exact) mass is 267 g/mol. The zero-order valence-electron chi connectivity index (χ0n) is 10.3. The molecule has 1 heterocycles. The highest BCUT2D eigenvalue weighted by Crippen LogP contribution is 2.19. The number of rotatable bonds is 4. The summed E-state index contributed by atoms with van der Waals surface area (Å²) in [6.07, 6.45) is 1.87. The van der Waals surface area contributed by atoms with Crippen molar-refractivity contribution >= 4 is 17.5 Å². The molecule has 0 aromatic heterocycles. The largest absolute Gasteiger partial charge is 0.381 e. The van der Waals surface area contributed by atoms with Gasteiger partial charge in [0, 0.05) is 13.2 Å². The van der Waals surface area contributed by atoms with Gasteiger partial charge in [-0.15, -0.1) is 11.6 Å². The lowest BCUT2D eigenvalue weighted by atomic mass is 10.0. The highest BCUT2D eigenvalue weighted by molar-refractivity contribution is 6.21. The SMILES string of the molecule is O=C(NCC(Cl)c1ccccc1)C1CCCOC1. The van der Waals surface area contributed by atoms with Crippen molar-refractivity contribution in [2.24, 2.45) is 5.92 Å². The Balaban J connectivity index is 1.78. The fourth-order valence-electron chi connectivity index (χ4n) is 2.06. The molecule has 18 heavy (non-hydrogen) atoms. The smallest absolute Gasteiger partial charge is 0.225 e. The van der Waals surface area contributed by atoms with E-state index in [1.807, 2.05) is 30.3 Å². The third-order valence-electron chi connectivity index (χ3n) is 3.15. The van der Waals surface area contributed by atoms with Crippen LogP contribution in [0.25, 0.3) is 0 Å². The number of carbonyl (C=O) groups excluding carboxylic acids is 1. The van der Waals surface area contributed by atoms with E-state index in [-0.39, 0.29) is 17.2 Å². The summed E-state index contributed by atoms with van der Waals surface area (Å²) >= 11 is 6.24. The van der Waals surface area contributed by atoms with Crippen LogP contribution >= 0.6 is 11.6 Å². The molecule has 3 nitrogen and oxygen atoms in total. The molecular weight excluding hydrogens is 250 g/mol. The lowest BCUT2D eigenvalue weighted by molar-refractivity contribution is -0.128. The van der Waals surface area contributed by atoms with Crippen LogP contribution in [0.2, 0.25) is 0 Å². The van der Waals surface area contributed by atoms with Crippen molar-refractivity contribution in [3.63, 3.8) is 0 Å². The molecule has 1 saturated heterocycles. The van der Waals surface area contributed by atoms with Crippen LogP contribution in [0.1, 0.15) is 23.8 Å². The Hall–Kier alpha value is -1.06. The Kier molecular flexibility index (Phi) is 5.02. The normalized spacial score (nSPS) is 21.3. The minimum absolute atomic E-state index is 0.0154. The summed E-state index contributed by atoms with van der Waals surface area (Å²) in [6, 6.07) is 9.77. The number of alkyl halides is 1. The van der Waals surface area contributed by atoms with Gasteiger partial charge < -0.3 is 10.1 Å². The van der Waals surface area contributed by atoms with Gasteiger partial charge in [-0.2, -0.15) is 0 Å². The first kappa shape index (κ1) is 13.4. The van der Waals surface area contributed by atoms with Crippen LogP contribution in [-0.4, -0.2) is 25.7 Å². The second-order valence-corrected chi connectivity index (χ2v) is 5.06. The first-order valence-electron chi connectivity index (χ1n) is 6.32.